The van der Waals surface area contributed by atoms with Gasteiger partial charge in [0.2, 0.25) is 5.78 Å². The summed E-state index contributed by atoms with van der Waals surface area (Å²) < 4.78 is 0. The SMILES string of the molecule is N=C1C(=O)C(O)=Cc2cc3cccc(N)c3cc21. The van der Waals surface area contributed by atoms with E-state index in [1.165, 1.54) is 6.08 Å². The number of Topliss-reactive ketones (excluding diaryl/α,β-unsaturated/α-hetero) is 1. The molecule has 0 aromatic heterocycles. The predicted octanol–water partition coefficient (Wildman–Crippen LogP) is 2.27. The Morgan fingerprint density at radius 1 is 1.22 bits per heavy atom. The number of nitrogens with one attached hydrogen (secondary N) is 1. The van der Waals surface area contributed by atoms with Crippen LogP contribution in [-0.4, -0.2) is 16.6 Å². The fourth-order valence-electron chi connectivity index (χ4n) is 2.17. The van der Waals surface area contributed by atoms with Gasteiger partial charge in [-0.1, -0.05) is 12.1 Å². The number of ketones is 1. The maximum absolute atomic E-state index is 11.5. The maximum Gasteiger partial charge on any atom is 0.245 e. The molecule has 0 saturated carbocycles. The number of rotatable bonds is 0. The lowest BCUT2D eigenvalue weighted by atomic mass is 9.90. The fraction of sp³-hybridized carbons (Fsp3) is 0. The third kappa shape index (κ3) is 1.32. The number of aliphatic hydroxyl groups is 1. The Kier molecular flexibility index (Phi) is 2.01. The molecule has 18 heavy (non-hydrogen) atoms. The van der Waals surface area contributed by atoms with E-state index in [1.807, 2.05) is 18.2 Å². The summed E-state index contributed by atoms with van der Waals surface area (Å²) in [5.41, 5.74) is 7.45. The van der Waals surface area contributed by atoms with Gasteiger partial charge in [0.15, 0.2) is 5.76 Å². The van der Waals surface area contributed by atoms with E-state index in [9.17, 15) is 9.90 Å². The summed E-state index contributed by atoms with van der Waals surface area (Å²) in [6.07, 6.45) is 1.39. The molecule has 4 heteroatoms. The summed E-state index contributed by atoms with van der Waals surface area (Å²) in [7, 11) is 0. The highest BCUT2D eigenvalue weighted by Gasteiger charge is 2.24. The smallest absolute Gasteiger partial charge is 0.245 e. The van der Waals surface area contributed by atoms with Gasteiger partial charge in [-0.15, -0.1) is 0 Å². The number of carbonyl (C=O) groups is 1. The van der Waals surface area contributed by atoms with Crippen molar-refractivity contribution in [3.05, 3.63) is 47.2 Å². The van der Waals surface area contributed by atoms with Crippen molar-refractivity contribution in [1.29, 1.82) is 5.41 Å². The minimum atomic E-state index is -0.656. The van der Waals surface area contributed by atoms with Crippen molar-refractivity contribution in [2.75, 3.05) is 5.73 Å². The average molecular weight is 238 g/mol. The summed E-state index contributed by atoms with van der Waals surface area (Å²) in [5.74, 6) is -1.05. The number of hydrogen-bond donors (Lipinski definition) is 3. The lowest BCUT2D eigenvalue weighted by Gasteiger charge is -2.14. The van der Waals surface area contributed by atoms with Gasteiger partial charge >= 0.3 is 0 Å². The fourth-order valence-corrected chi connectivity index (χ4v) is 2.17. The van der Waals surface area contributed by atoms with Crippen molar-refractivity contribution in [2.45, 2.75) is 0 Å². The predicted molar refractivity (Wildman–Crippen MR) is 70.8 cm³/mol. The first-order valence-corrected chi connectivity index (χ1v) is 5.44. The molecule has 0 radical (unpaired) electrons. The summed E-state index contributed by atoms with van der Waals surface area (Å²) in [5, 5.41) is 19.0. The van der Waals surface area contributed by atoms with Crippen LogP contribution < -0.4 is 5.73 Å². The Hall–Kier alpha value is -2.62. The summed E-state index contributed by atoms with van der Waals surface area (Å²) in [6.45, 7) is 0. The standard InChI is InChI=1S/C14H10N2O2/c15-11-3-1-2-7-4-8-5-12(17)14(18)13(16)10(8)6-9(7)11/h1-6,16-17H,15H2. The molecule has 0 saturated heterocycles. The van der Waals surface area contributed by atoms with Crippen LogP contribution in [0.25, 0.3) is 16.8 Å². The van der Waals surface area contributed by atoms with Crippen LogP contribution in [0.2, 0.25) is 0 Å². The Morgan fingerprint density at radius 3 is 2.78 bits per heavy atom. The molecule has 0 bridgehead atoms. The monoisotopic (exact) mass is 238 g/mol. The van der Waals surface area contributed by atoms with Gasteiger partial charge in [-0.3, -0.25) is 10.2 Å². The first-order chi connectivity index (χ1) is 8.58. The zero-order chi connectivity index (χ0) is 12.9. The lowest BCUT2D eigenvalue weighted by Crippen LogP contribution is -2.21. The van der Waals surface area contributed by atoms with E-state index in [4.69, 9.17) is 11.1 Å². The molecule has 2 aromatic rings. The normalized spacial score (nSPS) is 14.6. The molecule has 2 aromatic carbocycles. The highest BCUT2D eigenvalue weighted by atomic mass is 16.3. The first-order valence-electron chi connectivity index (χ1n) is 5.44. The highest BCUT2D eigenvalue weighted by Crippen LogP contribution is 2.29. The highest BCUT2D eigenvalue weighted by molar-refractivity contribution is 6.52. The van der Waals surface area contributed by atoms with Gasteiger partial charge < -0.3 is 10.8 Å². The number of fused-ring (bicyclic) bond motifs is 2. The zero-order valence-corrected chi connectivity index (χ0v) is 9.40. The minimum absolute atomic E-state index is 0.199. The number of nitrogens with two attached hydrogens (primary N) is 1. The van der Waals surface area contributed by atoms with E-state index in [0.29, 0.717) is 16.8 Å². The molecule has 0 amide bonds. The molecule has 4 nitrogen and oxygen atoms in total. The van der Waals surface area contributed by atoms with E-state index < -0.39 is 11.5 Å². The summed E-state index contributed by atoms with van der Waals surface area (Å²) in [6, 6.07) is 9.06. The largest absolute Gasteiger partial charge is 0.504 e. The van der Waals surface area contributed by atoms with Crippen LogP contribution in [0.3, 0.4) is 0 Å². The third-order valence-electron chi connectivity index (χ3n) is 3.11. The van der Waals surface area contributed by atoms with E-state index in [0.717, 1.165) is 10.8 Å². The second kappa shape index (κ2) is 3.43. The maximum atomic E-state index is 11.5. The number of benzene rings is 2. The average Bonchev–Trinajstić information content (AvgIpc) is 2.35. The molecule has 0 heterocycles. The Morgan fingerprint density at radius 2 is 2.00 bits per heavy atom. The van der Waals surface area contributed by atoms with Gasteiger partial charge in [0.25, 0.3) is 0 Å². The van der Waals surface area contributed by atoms with Crippen LogP contribution in [0, 0.1) is 5.41 Å². The van der Waals surface area contributed by atoms with Gasteiger partial charge in [-0.2, -0.15) is 0 Å². The number of nitrogen functional groups attached to an aromatic ring is 1. The number of hydrogen-bond acceptors (Lipinski definition) is 4. The molecule has 0 spiro atoms. The second-order valence-electron chi connectivity index (χ2n) is 4.24. The summed E-state index contributed by atoms with van der Waals surface area (Å²) >= 11 is 0. The van der Waals surface area contributed by atoms with E-state index >= 15 is 0 Å². The molecular formula is C14H10N2O2. The van der Waals surface area contributed by atoms with E-state index in [1.54, 1.807) is 12.1 Å². The number of aliphatic hydroxyl groups excluding tert-OH is 1. The Bertz CT molecular complexity index is 745. The lowest BCUT2D eigenvalue weighted by molar-refractivity contribution is -0.111. The summed E-state index contributed by atoms with van der Waals surface area (Å²) in [4.78, 5) is 11.5. The van der Waals surface area contributed by atoms with Gasteiger partial charge in [0, 0.05) is 16.6 Å². The molecular weight excluding hydrogens is 228 g/mol. The molecule has 88 valence electrons. The van der Waals surface area contributed by atoms with Crippen molar-refractivity contribution in [2.24, 2.45) is 0 Å². The van der Waals surface area contributed by atoms with E-state index in [2.05, 4.69) is 0 Å². The molecule has 0 unspecified atom stereocenters. The molecule has 1 aliphatic rings. The van der Waals surface area contributed by atoms with Gasteiger partial charge in [0.1, 0.15) is 5.71 Å². The first kappa shape index (κ1) is 10.5. The Balaban J connectivity index is 2.40. The molecule has 3 rings (SSSR count). The number of carbonyl (C=O) groups excluding carboxylic acids is 1. The van der Waals surface area contributed by atoms with Gasteiger partial charge in [0.05, 0.1) is 0 Å². The molecule has 1 aliphatic carbocycles. The van der Waals surface area contributed by atoms with Crippen LogP contribution in [0.15, 0.2) is 36.1 Å². The number of anilines is 1. The van der Waals surface area contributed by atoms with Crippen molar-refractivity contribution in [3.8, 4) is 0 Å². The van der Waals surface area contributed by atoms with Crippen molar-refractivity contribution in [1.82, 2.24) is 0 Å². The van der Waals surface area contributed by atoms with Gasteiger partial charge in [-0.25, -0.2) is 0 Å². The second-order valence-corrected chi connectivity index (χ2v) is 4.24. The third-order valence-corrected chi connectivity index (χ3v) is 3.11. The van der Waals surface area contributed by atoms with Crippen molar-refractivity contribution in [3.63, 3.8) is 0 Å². The van der Waals surface area contributed by atoms with Crippen LogP contribution in [0.4, 0.5) is 5.69 Å². The van der Waals surface area contributed by atoms with Crippen LogP contribution in [0.5, 0.6) is 0 Å². The Labute approximate surface area is 103 Å². The van der Waals surface area contributed by atoms with Crippen molar-refractivity contribution >= 4 is 34.0 Å². The van der Waals surface area contributed by atoms with Crippen molar-refractivity contribution < 1.29 is 9.90 Å². The molecule has 0 atom stereocenters. The van der Waals surface area contributed by atoms with E-state index in [-0.39, 0.29) is 5.71 Å². The van der Waals surface area contributed by atoms with Crippen LogP contribution >= 0.6 is 0 Å². The molecule has 0 fully saturated rings. The molecule has 0 aliphatic heterocycles. The quantitative estimate of drug-likeness (QED) is 0.615. The zero-order valence-electron chi connectivity index (χ0n) is 9.40. The molecule has 4 N–H and O–H groups in total. The number of allylic oxidation sites excluding steroid dienone is 1. The minimum Gasteiger partial charge on any atom is -0.504 e. The van der Waals surface area contributed by atoms with Crippen LogP contribution in [0.1, 0.15) is 11.1 Å². The topological polar surface area (TPSA) is 87.2 Å². The van der Waals surface area contributed by atoms with Gasteiger partial charge in [-0.05, 0) is 35.2 Å². The van der Waals surface area contributed by atoms with Crippen LogP contribution in [-0.2, 0) is 4.79 Å².